The molecule has 2 aromatic rings. The quantitative estimate of drug-likeness (QED) is 0.849. The summed E-state index contributed by atoms with van der Waals surface area (Å²) in [5, 5.41) is 4.21. The number of hydrogen-bond donors (Lipinski definition) is 2. The molecule has 1 aromatic carbocycles. The number of nitrogens with two attached hydrogens (primary N) is 1. The number of aromatic nitrogens is 1. The van der Waals surface area contributed by atoms with Gasteiger partial charge in [0, 0.05) is 15.9 Å². The largest absolute Gasteiger partial charge is 0.396 e. The zero-order valence-corrected chi connectivity index (χ0v) is 13.7. The van der Waals surface area contributed by atoms with Gasteiger partial charge in [-0.05, 0) is 31.0 Å². The molecule has 7 heteroatoms. The molecule has 1 fully saturated rings. The van der Waals surface area contributed by atoms with Gasteiger partial charge in [-0.25, -0.2) is 8.42 Å². The SMILES string of the molecule is Nc1cnc2ccc(Br)cc2c1NC1CCCS(=O)(=O)C1. The number of anilines is 2. The molecule has 1 atom stereocenters. The van der Waals surface area contributed by atoms with Crippen molar-refractivity contribution in [3.8, 4) is 0 Å². The molecular formula is C14H16BrN3O2S. The van der Waals surface area contributed by atoms with E-state index in [0.717, 1.165) is 27.5 Å². The van der Waals surface area contributed by atoms with Gasteiger partial charge < -0.3 is 11.1 Å². The van der Waals surface area contributed by atoms with Crippen LogP contribution in [-0.4, -0.2) is 30.9 Å². The molecular weight excluding hydrogens is 354 g/mol. The summed E-state index contributed by atoms with van der Waals surface area (Å²) in [7, 11) is -2.95. The molecule has 1 unspecified atom stereocenters. The van der Waals surface area contributed by atoms with Crippen molar-refractivity contribution >= 4 is 48.0 Å². The highest BCUT2D eigenvalue weighted by molar-refractivity contribution is 9.10. The lowest BCUT2D eigenvalue weighted by molar-refractivity contribution is 0.562. The minimum absolute atomic E-state index is 0.101. The number of nitrogen functional groups attached to an aromatic ring is 1. The molecule has 0 saturated carbocycles. The summed E-state index contributed by atoms with van der Waals surface area (Å²) < 4.78 is 24.5. The molecule has 0 aliphatic carbocycles. The van der Waals surface area contributed by atoms with E-state index in [1.54, 1.807) is 6.20 Å². The van der Waals surface area contributed by atoms with Crippen LogP contribution in [0.3, 0.4) is 0 Å². The second-order valence-electron chi connectivity index (χ2n) is 5.35. The van der Waals surface area contributed by atoms with Gasteiger partial charge in [0.25, 0.3) is 0 Å². The van der Waals surface area contributed by atoms with E-state index in [4.69, 9.17) is 5.73 Å². The minimum Gasteiger partial charge on any atom is -0.396 e. The van der Waals surface area contributed by atoms with Gasteiger partial charge in [-0.1, -0.05) is 15.9 Å². The maximum Gasteiger partial charge on any atom is 0.152 e. The van der Waals surface area contributed by atoms with Gasteiger partial charge in [0.15, 0.2) is 9.84 Å². The van der Waals surface area contributed by atoms with E-state index < -0.39 is 9.84 Å². The highest BCUT2D eigenvalue weighted by atomic mass is 79.9. The van der Waals surface area contributed by atoms with Crippen molar-refractivity contribution in [2.24, 2.45) is 0 Å². The van der Waals surface area contributed by atoms with Crippen molar-refractivity contribution in [1.82, 2.24) is 4.98 Å². The molecule has 112 valence electrons. The first-order valence-electron chi connectivity index (χ1n) is 6.75. The molecule has 1 aliphatic heterocycles. The normalized spacial score (nSPS) is 21.3. The Bertz CT molecular complexity index is 787. The van der Waals surface area contributed by atoms with Crippen molar-refractivity contribution in [1.29, 1.82) is 0 Å². The number of benzene rings is 1. The predicted octanol–water partition coefficient (Wildman–Crippen LogP) is 2.57. The van der Waals surface area contributed by atoms with Crippen molar-refractivity contribution in [3.05, 3.63) is 28.9 Å². The van der Waals surface area contributed by atoms with Gasteiger partial charge in [-0.15, -0.1) is 0 Å². The molecule has 2 heterocycles. The summed E-state index contributed by atoms with van der Waals surface area (Å²) >= 11 is 3.44. The smallest absolute Gasteiger partial charge is 0.152 e. The van der Waals surface area contributed by atoms with Crippen LogP contribution in [0.2, 0.25) is 0 Å². The van der Waals surface area contributed by atoms with Crippen LogP contribution >= 0.6 is 15.9 Å². The van der Waals surface area contributed by atoms with Crippen molar-refractivity contribution < 1.29 is 8.42 Å². The first kappa shape index (κ1) is 14.6. The molecule has 21 heavy (non-hydrogen) atoms. The van der Waals surface area contributed by atoms with E-state index in [1.807, 2.05) is 18.2 Å². The Kier molecular flexibility index (Phi) is 3.79. The lowest BCUT2D eigenvalue weighted by Crippen LogP contribution is -2.35. The van der Waals surface area contributed by atoms with Gasteiger partial charge in [0.05, 0.1) is 34.6 Å². The van der Waals surface area contributed by atoms with Crippen LogP contribution in [0.5, 0.6) is 0 Å². The number of fused-ring (bicyclic) bond motifs is 1. The first-order valence-corrected chi connectivity index (χ1v) is 9.37. The summed E-state index contributed by atoms with van der Waals surface area (Å²) in [4.78, 5) is 4.30. The summed E-state index contributed by atoms with van der Waals surface area (Å²) in [5.74, 6) is 0.438. The molecule has 0 spiro atoms. The van der Waals surface area contributed by atoms with E-state index in [2.05, 4.69) is 26.2 Å². The van der Waals surface area contributed by atoms with Crippen LogP contribution in [0, 0.1) is 0 Å². The van der Waals surface area contributed by atoms with Gasteiger partial charge in [-0.2, -0.15) is 0 Å². The van der Waals surface area contributed by atoms with E-state index in [0.29, 0.717) is 12.1 Å². The number of sulfone groups is 1. The van der Waals surface area contributed by atoms with Crippen molar-refractivity contribution in [2.45, 2.75) is 18.9 Å². The Hall–Kier alpha value is -1.34. The summed E-state index contributed by atoms with van der Waals surface area (Å²) in [6.45, 7) is 0. The molecule has 1 aromatic heterocycles. The standard InChI is InChI=1S/C14H16BrN3O2S/c15-9-3-4-13-11(6-9)14(12(16)7-17-13)18-10-2-1-5-21(19,20)8-10/h3-4,6-7,10H,1-2,5,8,16H2,(H,17,18). The number of halogens is 1. The second-order valence-corrected chi connectivity index (χ2v) is 8.49. The Morgan fingerprint density at radius 1 is 1.38 bits per heavy atom. The third-order valence-corrected chi connectivity index (χ3v) is 5.99. The summed E-state index contributed by atoms with van der Waals surface area (Å²) in [6, 6.07) is 5.66. The Balaban J connectivity index is 2.00. The minimum atomic E-state index is -2.95. The van der Waals surface area contributed by atoms with E-state index in [9.17, 15) is 8.42 Å². The number of rotatable bonds is 2. The number of nitrogens with one attached hydrogen (secondary N) is 1. The van der Waals surface area contributed by atoms with Crippen LogP contribution in [0.25, 0.3) is 10.9 Å². The topological polar surface area (TPSA) is 85.1 Å². The summed E-state index contributed by atoms with van der Waals surface area (Å²) in [5.41, 5.74) is 8.16. The molecule has 5 nitrogen and oxygen atoms in total. The summed E-state index contributed by atoms with van der Waals surface area (Å²) in [6.07, 6.45) is 3.12. The Labute approximate surface area is 132 Å². The third-order valence-electron chi connectivity index (χ3n) is 3.67. The fraction of sp³-hybridized carbons (Fsp3) is 0.357. The average molecular weight is 370 g/mol. The van der Waals surface area contributed by atoms with E-state index >= 15 is 0 Å². The maximum absolute atomic E-state index is 11.8. The fourth-order valence-corrected chi connectivity index (χ4v) is 4.68. The van der Waals surface area contributed by atoms with Gasteiger partial charge in [0.2, 0.25) is 0 Å². The zero-order valence-electron chi connectivity index (χ0n) is 11.3. The molecule has 0 radical (unpaired) electrons. The lowest BCUT2D eigenvalue weighted by Gasteiger charge is -2.25. The van der Waals surface area contributed by atoms with Crippen LogP contribution in [0.15, 0.2) is 28.9 Å². The fourth-order valence-electron chi connectivity index (χ4n) is 2.68. The Morgan fingerprint density at radius 3 is 2.95 bits per heavy atom. The molecule has 1 aliphatic rings. The van der Waals surface area contributed by atoms with Gasteiger partial charge in [0.1, 0.15) is 0 Å². The lowest BCUT2D eigenvalue weighted by atomic mass is 10.1. The molecule has 1 saturated heterocycles. The van der Waals surface area contributed by atoms with Crippen LogP contribution in [0.4, 0.5) is 11.4 Å². The number of nitrogens with zero attached hydrogens (tertiary/aromatic N) is 1. The highest BCUT2D eigenvalue weighted by Gasteiger charge is 2.25. The van der Waals surface area contributed by atoms with Crippen molar-refractivity contribution in [3.63, 3.8) is 0 Å². The highest BCUT2D eigenvalue weighted by Crippen LogP contribution is 2.31. The van der Waals surface area contributed by atoms with Crippen LogP contribution in [-0.2, 0) is 9.84 Å². The molecule has 0 bridgehead atoms. The van der Waals surface area contributed by atoms with Crippen LogP contribution < -0.4 is 11.1 Å². The Morgan fingerprint density at radius 2 is 2.19 bits per heavy atom. The average Bonchev–Trinajstić information content (AvgIpc) is 2.41. The van der Waals surface area contributed by atoms with E-state index in [1.165, 1.54) is 0 Å². The van der Waals surface area contributed by atoms with Crippen LogP contribution in [0.1, 0.15) is 12.8 Å². The predicted molar refractivity (Wildman–Crippen MR) is 89.2 cm³/mol. The van der Waals surface area contributed by atoms with E-state index in [-0.39, 0.29) is 17.5 Å². The third kappa shape index (κ3) is 3.13. The van der Waals surface area contributed by atoms with Crippen molar-refractivity contribution in [2.75, 3.05) is 22.6 Å². The monoisotopic (exact) mass is 369 g/mol. The van der Waals surface area contributed by atoms with Gasteiger partial charge >= 0.3 is 0 Å². The molecule has 3 N–H and O–H groups in total. The van der Waals surface area contributed by atoms with Gasteiger partial charge in [-0.3, -0.25) is 4.98 Å². The first-order chi connectivity index (χ1) is 9.94. The second kappa shape index (κ2) is 5.46. The molecule has 3 rings (SSSR count). The molecule has 0 amide bonds. The maximum atomic E-state index is 11.8. The zero-order chi connectivity index (χ0) is 15.0. The number of hydrogen-bond acceptors (Lipinski definition) is 5. The number of pyridine rings is 1.